The minimum Gasteiger partial charge on any atom is -0.326 e. The van der Waals surface area contributed by atoms with Gasteiger partial charge in [-0.2, -0.15) is 0 Å². The summed E-state index contributed by atoms with van der Waals surface area (Å²) in [5.74, 6) is 0.0279. The molecule has 1 N–H and O–H groups in total. The van der Waals surface area contributed by atoms with Gasteiger partial charge in [-0.05, 0) is 43.0 Å². The average molecular weight is 281 g/mol. The Morgan fingerprint density at radius 3 is 2.19 bits per heavy atom. The normalized spacial score (nSPS) is 10.4. The van der Waals surface area contributed by atoms with Crippen LogP contribution in [0.15, 0.2) is 48.5 Å². The second-order valence-corrected chi connectivity index (χ2v) is 5.51. The first-order valence-electron chi connectivity index (χ1n) is 7.61. The maximum atomic E-state index is 12.0. The van der Waals surface area contributed by atoms with Crippen molar-refractivity contribution >= 4 is 11.6 Å². The van der Waals surface area contributed by atoms with E-state index in [0.29, 0.717) is 6.42 Å². The minimum atomic E-state index is 0.0279. The maximum absolute atomic E-state index is 12.0. The summed E-state index contributed by atoms with van der Waals surface area (Å²) in [4.78, 5) is 12.0. The summed E-state index contributed by atoms with van der Waals surface area (Å²) in [6.07, 6.45) is 3.93. The van der Waals surface area contributed by atoms with E-state index in [9.17, 15) is 4.79 Å². The molecule has 0 bridgehead atoms. The number of nitrogens with one attached hydrogen (secondary N) is 1. The quantitative estimate of drug-likeness (QED) is 0.828. The molecule has 0 radical (unpaired) electrons. The van der Waals surface area contributed by atoms with Gasteiger partial charge >= 0.3 is 0 Å². The van der Waals surface area contributed by atoms with Crippen LogP contribution in [0.5, 0.6) is 0 Å². The predicted octanol–water partition coefficient (Wildman–Crippen LogP) is 4.52. The molecule has 21 heavy (non-hydrogen) atoms. The minimum absolute atomic E-state index is 0.0279. The zero-order valence-corrected chi connectivity index (χ0v) is 12.9. The molecule has 0 spiro atoms. The van der Waals surface area contributed by atoms with E-state index in [2.05, 4.69) is 24.4 Å². The van der Waals surface area contributed by atoms with Crippen LogP contribution in [0, 0.1) is 6.92 Å². The first-order chi connectivity index (χ1) is 10.2. The maximum Gasteiger partial charge on any atom is 0.228 e. The Bertz CT molecular complexity index is 570. The molecule has 1 amide bonds. The van der Waals surface area contributed by atoms with E-state index in [4.69, 9.17) is 0 Å². The van der Waals surface area contributed by atoms with Crippen molar-refractivity contribution in [3.8, 4) is 0 Å². The number of amides is 1. The van der Waals surface area contributed by atoms with Crippen LogP contribution >= 0.6 is 0 Å². The van der Waals surface area contributed by atoms with Crippen LogP contribution < -0.4 is 5.32 Å². The molecule has 2 heteroatoms. The van der Waals surface area contributed by atoms with Crippen molar-refractivity contribution in [2.45, 2.75) is 39.5 Å². The Labute approximate surface area is 127 Å². The molecule has 0 saturated carbocycles. The number of benzene rings is 2. The number of rotatable bonds is 6. The molecule has 0 aromatic heterocycles. The summed E-state index contributed by atoms with van der Waals surface area (Å²) in [6, 6.07) is 16.2. The number of aryl methyl sites for hydroxylation is 2. The third-order valence-electron chi connectivity index (χ3n) is 3.54. The van der Waals surface area contributed by atoms with E-state index >= 15 is 0 Å². The van der Waals surface area contributed by atoms with Crippen molar-refractivity contribution in [3.05, 3.63) is 65.2 Å². The zero-order chi connectivity index (χ0) is 15.1. The summed E-state index contributed by atoms with van der Waals surface area (Å²) >= 11 is 0. The van der Waals surface area contributed by atoms with Crippen LogP contribution in [-0.2, 0) is 17.6 Å². The molecule has 110 valence electrons. The van der Waals surface area contributed by atoms with Crippen molar-refractivity contribution in [1.82, 2.24) is 0 Å². The molecular formula is C19H23NO. The Kier molecular flexibility index (Phi) is 5.56. The van der Waals surface area contributed by atoms with Crippen molar-refractivity contribution in [1.29, 1.82) is 0 Å². The number of carbonyl (C=O) groups is 1. The highest BCUT2D eigenvalue weighted by Crippen LogP contribution is 2.12. The Morgan fingerprint density at radius 1 is 0.952 bits per heavy atom. The van der Waals surface area contributed by atoms with Crippen molar-refractivity contribution in [2.24, 2.45) is 0 Å². The Morgan fingerprint density at radius 2 is 1.57 bits per heavy atom. The first-order valence-corrected chi connectivity index (χ1v) is 7.61. The van der Waals surface area contributed by atoms with Gasteiger partial charge in [0.1, 0.15) is 0 Å². The van der Waals surface area contributed by atoms with E-state index in [1.807, 2.05) is 43.3 Å². The number of unbranched alkanes of at least 4 members (excludes halogenated alkanes) is 1. The molecule has 2 rings (SSSR count). The third-order valence-corrected chi connectivity index (χ3v) is 3.54. The van der Waals surface area contributed by atoms with Crippen LogP contribution in [0.4, 0.5) is 5.69 Å². The van der Waals surface area contributed by atoms with E-state index in [1.54, 1.807) is 0 Å². The van der Waals surface area contributed by atoms with Crippen molar-refractivity contribution in [2.75, 3.05) is 5.32 Å². The van der Waals surface area contributed by atoms with Crippen LogP contribution in [0.25, 0.3) is 0 Å². The summed E-state index contributed by atoms with van der Waals surface area (Å²) in [6.45, 7) is 4.24. The number of anilines is 1. The second-order valence-electron chi connectivity index (χ2n) is 5.51. The van der Waals surface area contributed by atoms with Crippen LogP contribution in [0.2, 0.25) is 0 Å². The Hall–Kier alpha value is -2.09. The molecule has 2 aromatic carbocycles. The molecular weight excluding hydrogens is 258 g/mol. The molecule has 0 saturated heterocycles. The predicted molar refractivity (Wildman–Crippen MR) is 88.6 cm³/mol. The van der Waals surface area contributed by atoms with Gasteiger partial charge in [0, 0.05) is 5.69 Å². The topological polar surface area (TPSA) is 29.1 Å². The lowest BCUT2D eigenvalue weighted by Crippen LogP contribution is -2.14. The van der Waals surface area contributed by atoms with E-state index in [0.717, 1.165) is 17.7 Å². The number of hydrogen-bond donors (Lipinski definition) is 1. The van der Waals surface area contributed by atoms with Crippen LogP contribution in [-0.4, -0.2) is 5.91 Å². The lowest BCUT2D eigenvalue weighted by molar-refractivity contribution is -0.115. The average Bonchev–Trinajstić information content (AvgIpc) is 2.49. The van der Waals surface area contributed by atoms with E-state index in [1.165, 1.54) is 24.0 Å². The first kappa shape index (κ1) is 15.3. The lowest BCUT2D eigenvalue weighted by Gasteiger charge is -2.07. The smallest absolute Gasteiger partial charge is 0.228 e. The summed E-state index contributed by atoms with van der Waals surface area (Å²) in [5.41, 5.74) is 4.44. The van der Waals surface area contributed by atoms with Gasteiger partial charge in [-0.1, -0.05) is 55.3 Å². The van der Waals surface area contributed by atoms with Gasteiger partial charge in [0.15, 0.2) is 0 Å². The van der Waals surface area contributed by atoms with Gasteiger partial charge in [-0.25, -0.2) is 0 Å². The largest absolute Gasteiger partial charge is 0.326 e. The number of carbonyl (C=O) groups excluding carboxylic acids is 1. The van der Waals surface area contributed by atoms with Gasteiger partial charge < -0.3 is 5.32 Å². The fourth-order valence-electron chi connectivity index (χ4n) is 2.23. The summed E-state index contributed by atoms with van der Waals surface area (Å²) < 4.78 is 0. The SMILES string of the molecule is CCCCc1ccc(NC(=O)Cc2ccc(C)cc2)cc1. The molecule has 0 unspecified atom stereocenters. The van der Waals surface area contributed by atoms with E-state index < -0.39 is 0 Å². The highest BCUT2D eigenvalue weighted by atomic mass is 16.1. The van der Waals surface area contributed by atoms with Gasteiger partial charge in [0.05, 0.1) is 6.42 Å². The number of hydrogen-bond acceptors (Lipinski definition) is 1. The van der Waals surface area contributed by atoms with Gasteiger partial charge in [0.2, 0.25) is 5.91 Å². The molecule has 0 aliphatic heterocycles. The zero-order valence-electron chi connectivity index (χ0n) is 12.9. The van der Waals surface area contributed by atoms with Crippen LogP contribution in [0.1, 0.15) is 36.5 Å². The summed E-state index contributed by atoms with van der Waals surface area (Å²) in [5, 5.41) is 2.95. The fraction of sp³-hybridized carbons (Fsp3) is 0.316. The second kappa shape index (κ2) is 7.63. The monoisotopic (exact) mass is 281 g/mol. The summed E-state index contributed by atoms with van der Waals surface area (Å²) in [7, 11) is 0. The van der Waals surface area contributed by atoms with Gasteiger partial charge in [0.25, 0.3) is 0 Å². The molecule has 2 aromatic rings. The van der Waals surface area contributed by atoms with E-state index in [-0.39, 0.29) is 5.91 Å². The van der Waals surface area contributed by atoms with Gasteiger partial charge in [-0.15, -0.1) is 0 Å². The molecule has 0 heterocycles. The van der Waals surface area contributed by atoms with Crippen molar-refractivity contribution in [3.63, 3.8) is 0 Å². The van der Waals surface area contributed by atoms with Crippen molar-refractivity contribution < 1.29 is 4.79 Å². The van der Waals surface area contributed by atoms with Gasteiger partial charge in [-0.3, -0.25) is 4.79 Å². The fourth-order valence-corrected chi connectivity index (χ4v) is 2.23. The molecule has 0 aliphatic carbocycles. The molecule has 0 fully saturated rings. The third kappa shape index (κ3) is 5.07. The lowest BCUT2D eigenvalue weighted by atomic mass is 10.1. The standard InChI is InChI=1S/C19H23NO/c1-3-4-5-16-10-12-18(13-11-16)20-19(21)14-17-8-6-15(2)7-9-17/h6-13H,3-5,14H2,1-2H3,(H,20,21). The highest BCUT2D eigenvalue weighted by molar-refractivity contribution is 5.92. The van der Waals surface area contributed by atoms with Crippen LogP contribution in [0.3, 0.4) is 0 Å². The Balaban J connectivity index is 1.88. The highest BCUT2D eigenvalue weighted by Gasteiger charge is 2.04. The molecule has 2 nitrogen and oxygen atoms in total. The molecule has 0 aliphatic rings. The molecule has 0 atom stereocenters.